The summed E-state index contributed by atoms with van der Waals surface area (Å²) in [5.41, 5.74) is 3.39. The summed E-state index contributed by atoms with van der Waals surface area (Å²) in [5, 5.41) is 2.99. The number of nitrogens with one attached hydrogen (secondary N) is 1. The minimum atomic E-state index is -0.152. The first kappa shape index (κ1) is 23.5. The van der Waals surface area contributed by atoms with Crippen LogP contribution < -0.4 is 19.5 Å². The van der Waals surface area contributed by atoms with Gasteiger partial charge in [0.05, 0.1) is 25.5 Å². The third-order valence-electron chi connectivity index (χ3n) is 6.53. The third-order valence-corrected chi connectivity index (χ3v) is 6.53. The molecule has 36 heavy (non-hydrogen) atoms. The molecule has 8 heteroatoms. The summed E-state index contributed by atoms with van der Waals surface area (Å²) in [6, 6.07) is 19.0. The summed E-state index contributed by atoms with van der Waals surface area (Å²) in [6.07, 6.45) is 0. The van der Waals surface area contributed by atoms with Crippen LogP contribution in [-0.4, -0.2) is 61.6 Å². The third kappa shape index (κ3) is 4.54. The summed E-state index contributed by atoms with van der Waals surface area (Å²) in [7, 11) is 3.24. The van der Waals surface area contributed by atoms with Crippen LogP contribution in [0.2, 0.25) is 0 Å². The lowest BCUT2D eigenvalue weighted by atomic mass is 10.1. The van der Waals surface area contributed by atoms with Crippen molar-refractivity contribution in [3.05, 3.63) is 71.8 Å². The summed E-state index contributed by atoms with van der Waals surface area (Å²) in [4.78, 5) is 22.2. The Hall–Kier alpha value is -4.20. The zero-order valence-electron chi connectivity index (χ0n) is 20.9. The lowest BCUT2D eigenvalue weighted by Crippen LogP contribution is -2.56. The standard InChI is InChI=1S/C28H30N4O4/c1-18-9-11-23-26(15-18)36-24-12-10-20(34-3)16-21(24)27(29-23)31-13-14-32(19(2)17-31)28(33)30-22-7-5-6-8-25(22)35-4/h5-12,15-16,19H,13-14,17H2,1-4H3,(H,30,33). The molecule has 1 N–H and O–H groups in total. The summed E-state index contributed by atoms with van der Waals surface area (Å²) >= 11 is 0. The van der Waals surface area contributed by atoms with Gasteiger partial charge in [-0.2, -0.15) is 0 Å². The monoisotopic (exact) mass is 486 g/mol. The lowest BCUT2D eigenvalue weighted by Gasteiger charge is -2.41. The normalized spacial score (nSPS) is 16.7. The van der Waals surface area contributed by atoms with Crippen molar-refractivity contribution in [1.29, 1.82) is 0 Å². The second-order valence-corrected chi connectivity index (χ2v) is 8.99. The number of aliphatic imine (C=N–C) groups is 1. The molecule has 3 aromatic carbocycles. The molecular weight excluding hydrogens is 456 g/mol. The van der Waals surface area contributed by atoms with Crippen LogP contribution >= 0.6 is 0 Å². The number of para-hydroxylation sites is 2. The van der Waals surface area contributed by atoms with E-state index >= 15 is 0 Å². The number of nitrogens with zero attached hydrogens (tertiary/aromatic N) is 3. The zero-order valence-corrected chi connectivity index (χ0v) is 20.9. The second kappa shape index (κ2) is 9.81. The number of ether oxygens (including phenoxy) is 3. The van der Waals surface area contributed by atoms with Crippen LogP contribution in [0.25, 0.3) is 0 Å². The first-order chi connectivity index (χ1) is 17.5. The van der Waals surface area contributed by atoms with Crippen LogP contribution in [0.1, 0.15) is 18.1 Å². The minimum Gasteiger partial charge on any atom is -0.497 e. The number of benzene rings is 3. The molecule has 1 saturated heterocycles. The van der Waals surface area contributed by atoms with Gasteiger partial charge >= 0.3 is 6.03 Å². The molecule has 0 radical (unpaired) electrons. The van der Waals surface area contributed by atoms with Crippen LogP contribution in [0.5, 0.6) is 23.0 Å². The SMILES string of the molecule is COc1ccc2c(c1)C(N1CCN(C(=O)Nc3ccccc3OC)C(C)C1)=Nc1ccc(C)cc1O2. The lowest BCUT2D eigenvalue weighted by molar-refractivity contribution is 0.144. The van der Waals surface area contributed by atoms with Gasteiger partial charge in [-0.1, -0.05) is 18.2 Å². The maximum atomic E-state index is 13.1. The molecule has 1 atom stereocenters. The molecule has 0 bridgehead atoms. The molecule has 2 aliphatic rings. The maximum absolute atomic E-state index is 13.1. The molecule has 2 amide bonds. The van der Waals surface area contributed by atoms with Gasteiger partial charge in [-0.3, -0.25) is 0 Å². The van der Waals surface area contributed by atoms with Crippen molar-refractivity contribution < 1.29 is 19.0 Å². The average Bonchev–Trinajstić information content (AvgIpc) is 3.04. The number of aryl methyl sites for hydroxylation is 1. The molecule has 0 saturated carbocycles. The van der Waals surface area contributed by atoms with E-state index in [9.17, 15) is 4.79 Å². The number of amidine groups is 1. The van der Waals surface area contributed by atoms with Crippen molar-refractivity contribution >= 4 is 23.2 Å². The number of hydrogen-bond donors (Lipinski definition) is 1. The van der Waals surface area contributed by atoms with Crippen molar-refractivity contribution in [2.75, 3.05) is 39.2 Å². The smallest absolute Gasteiger partial charge is 0.322 e. The first-order valence-electron chi connectivity index (χ1n) is 12.0. The highest BCUT2D eigenvalue weighted by Gasteiger charge is 2.32. The molecule has 186 valence electrons. The van der Waals surface area contributed by atoms with Gasteiger partial charge in [0.2, 0.25) is 0 Å². The number of rotatable bonds is 3. The molecule has 0 aliphatic carbocycles. The fourth-order valence-electron chi connectivity index (χ4n) is 4.62. The number of carbonyl (C=O) groups excluding carboxylic acids is 1. The van der Waals surface area contributed by atoms with Crippen molar-refractivity contribution in [2.24, 2.45) is 4.99 Å². The molecule has 8 nitrogen and oxygen atoms in total. The number of amides is 2. The van der Waals surface area contributed by atoms with Gasteiger partial charge in [0, 0.05) is 25.7 Å². The Morgan fingerprint density at radius 3 is 2.64 bits per heavy atom. The van der Waals surface area contributed by atoms with E-state index in [2.05, 4.69) is 10.2 Å². The Balaban J connectivity index is 1.42. The first-order valence-corrected chi connectivity index (χ1v) is 12.0. The van der Waals surface area contributed by atoms with E-state index in [0.717, 1.165) is 39.9 Å². The molecule has 3 aromatic rings. The van der Waals surface area contributed by atoms with Crippen LogP contribution in [0.4, 0.5) is 16.2 Å². The molecule has 5 rings (SSSR count). The quantitative estimate of drug-likeness (QED) is 0.534. The Morgan fingerprint density at radius 1 is 1.03 bits per heavy atom. The number of hydrogen-bond acceptors (Lipinski definition) is 6. The van der Waals surface area contributed by atoms with Gasteiger partial charge in [-0.25, -0.2) is 9.79 Å². The van der Waals surface area contributed by atoms with Crippen molar-refractivity contribution in [1.82, 2.24) is 9.80 Å². The molecule has 1 fully saturated rings. The molecule has 0 spiro atoms. The highest BCUT2D eigenvalue weighted by atomic mass is 16.5. The highest BCUT2D eigenvalue weighted by molar-refractivity contribution is 6.04. The van der Waals surface area contributed by atoms with Gasteiger partial charge in [0.1, 0.15) is 28.8 Å². The van der Waals surface area contributed by atoms with E-state index in [1.807, 2.05) is 79.4 Å². The van der Waals surface area contributed by atoms with Crippen LogP contribution in [0.15, 0.2) is 65.7 Å². The molecule has 0 aromatic heterocycles. The topological polar surface area (TPSA) is 75.6 Å². The number of carbonyl (C=O) groups is 1. The Morgan fingerprint density at radius 2 is 1.86 bits per heavy atom. The number of urea groups is 1. The van der Waals surface area contributed by atoms with E-state index in [-0.39, 0.29) is 12.1 Å². The Kier molecular flexibility index (Phi) is 6.41. The summed E-state index contributed by atoms with van der Waals surface area (Å²) in [5.74, 6) is 3.62. The number of fused-ring (bicyclic) bond motifs is 2. The van der Waals surface area contributed by atoms with Gasteiger partial charge in [0.25, 0.3) is 0 Å². The number of piperazine rings is 1. The predicted molar refractivity (Wildman–Crippen MR) is 140 cm³/mol. The fraction of sp³-hybridized carbons (Fsp3) is 0.286. The van der Waals surface area contributed by atoms with Crippen molar-refractivity contribution in [2.45, 2.75) is 19.9 Å². The molecule has 1 unspecified atom stereocenters. The van der Waals surface area contributed by atoms with Gasteiger partial charge in [0.15, 0.2) is 5.75 Å². The molecular formula is C28H30N4O4. The van der Waals surface area contributed by atoms with Crippen molar-refractivity contribution in [3.8, 4) is 23.0 Å². The average molecular weight is 487 g/mol. The van der Waals surface area contributed by atoms with Crippen molar-refractivity contribution in [3.63, 3.8) is 0 Å². The van der Waals surface area contributed by atoms with Crippen LogP contribution in [-0.2, 0) is 0 Å². The Labute approximate surface area is 211 Å². The van der Waals surface area contributed by atoms with Gasteiger partial charge < -0.3 is 29.3 Å². The molecule has 2 aliphatic heterocycles. The second-order valence-electron chi connectivity index (χ2n) is 8.99. The predicted octanol–water partition coefficient (Wildman–Crippen LogP) is 5.43. The number of anilines is 1. The fourth-order valence-corrected chi connectivity index (χ4v) is 4.62. The maximum Gasteiger partial charge on any atom is 0.322 e. The largest absolute Gasteiger partial charge is 0.497 e. The zero-order chi connectivity index (χ0) is 25.2. The summed E-state index contributed by atoms with van der Waals surface area (Å²) in [6.45, 7) is 5.87. The van der Waals surface area contributed by atoms with E-state index in [1.54, 1.807) is 14.2 Å². The van der Waals surface area contributed by atoms with Crippen LogP contribution in [0, 0.1) is 6.92 Å². The minimum absolute atomic E-state index is 0.0492. The van der Waals surface area contributed by atoms with Gasteiger partial charge in [-0.05, 0) is 61.9 Å². The highest BCUT2D eigenvalue weighted by Crippen LogP contribution is 2.40. The number of methoxy groups -OCH3 is 2. The summed E-state index contributed by atoms with van der Waals surface area (Å²) < 4.78 is 17.2. The van der Waals surface area contributed by atoms with Gasteiger partial charge in [-0.15, -0.1) is 0 Å². The van der Waals surface area contributed by atoms with E-state index in [4.69, 9.17) is 19.2 Å². The van der Waals surface area contributed by atoms with Crippen LogP contribution in [0.3, 0.4) is 0 Å². The molecule has 2 heterocycles. The van der Waals surface area contributed by atoms with E-state index in [1.165, 1.54) is 0 Å². The van der Waals surface area contributed by atoms with E-state index in [0.29, 0.717) is 31.1 Å². The van der Waals surface area contributed by atoms with E-state index < -0.39 is 0 Å². The Bertz CT molecular complexity index is 1320.